The van der Waals surface area contributed by atoms with Crippen molar-refractivity contribution < 1.29 is 4.79 Å². The number of aromatic nitrogens is 2. The van der Waals surface area contributed by atoms with Crippen LogP contribution in [0.15, 0.2) is 18.7 Å². The second kappa shape index (κ2) is 6.00. The van der Waals surface area contributed by atoms with Crippen LogP contribution in [0.2, 0.25) is 0 Å². The Morgan fingerprint density at radius 3 is 3.11 bits per heavy atom. The molecule has 5 heteroatoms. The number of hydrogen-bond acceptors (Lipinski definition) is 3. The molecule has 100 valence electrons. The molecule has 0 saturated heterocycles. The third-order valence-corrected chi connectivity index (χ3v) is 3.65. The molecule has 2 rings (SSSR count). The van der Waals surface area contributed by atoms with Crippen molar-refractivity contribution in [2.75, 3.05) is 0 Å². The number of imidazole rings is 1. The van der Waals surface area contributed by atoms with Gasteiger partial charge < -0.3 is 15.6 Å². The fourth-order valence-corrected chi connectivity index (χ4v) is 2.66. The summed E-state index contributed by atoms with van der Waals surface area (Å²) in [5.41, 5.74) is 5.84. The highest BCUT2D eigenvalue weighted by atomic mass is 16.2. The topological polar surface area (TPSA) is 72.9 Å². The van der Waals surface area contributed by atoms with E-state index in [0.29, 0.717) is 6.04 Å². The summed E-state index contributed by atoms with van der Waals surface area (Å²) in [6.07, 6.45) is 10.5. The summed E-state index contributed by atoms with van der Waals surface area (Å²) in [6, 6.07) is 0.138. The van der Waals surface area contributed by atoms with Crippen molar-refractivity contribution in [2.24, 2.45) is 5.73 Å². The van der Waals surface area contributed by atoms with Gasteiger partial charge in [-0.05, 0) is 25.7 Å². The van der Waals surface area contributed by atoms with E-state index in [4.69, 9.17) is 5.73 Å². The largest absolute Gasteiger partial charge is 0.350 e. The van der Waals surface area contributed by atoms with Gasteiger partial charge in [0.2, 0.25) is 5.91 Å². The number of hydrogen-bond donors (Lipinski definition) is 2. The van der Waals surface area contributed by atoms with Gasteiger partial charge in [0.05, 0.1) is 18.4 Å². The number of carbonyl (C=O) groups is 1. The van der Waals surface area contributed by atoms with Crippen LogP contribution in [0.4, 0.5) is 0 Å². The van der Waals surface area contributed by atoms with E-state index in [2.05, 4.69) is 14.9 Å². The highest BCUT2D eigenvalue weighted by molar-refractivity contribution is 5.81. The Morgan fingerprint density at radius 2 is 2.44 bits per heavy atom. The van der Waals surface area contributed by atoms with Crippen molar-refractivity contribution in [3.8, 4) is 0 Å². The summed E-state index contributed by atoms with van der Waals surface area (Å²) in [5, 5.41) is 3.09. The fourth-order valence-electron chi connectivity index (χ4n) is 2.66. The van der Waals surface area contributed by atoms with Gasteiger partial charge in [-0.25, -0.2) is 4.98 Å². The summed E-state index contributed by atoms with van der Waals surface area (Å²) < 4.78 is 2.09. The molecule has 5 nitrogen and oxygen atoms in total. The average Bonchev–Trinajstić information content (AvgIpc) is 2.98. The minimum absolute atomic E-state index is 0.0196. The number of amides is 1. The van der Waals surface area contributed by atoms with Gasteiger partial charge in [-0.2, -0.15) is 0 Å². The molecule has 1 heterocycles. The van der Waals surface area contributed by atoms with E-state index in [-0.39, 0.29) is 18.0 Å². The van der Waals surface area contributed by atoms with Crippen molar-refractivity contribution in [1.82, 2.24) is 14.9 Å². The molecule has 1 saturated carbocycles. The molecule has 0 aliphatic heterocycles. The highest BCUT2D eigenvalue weighted by Crippen LogP contribution is 2.29. The maximum atomic E-state index is 11.9. The Labute approximate surface area is 108 Å². The van der Waals surface area contributed by atoms with Gasteiger partial charge in [-0.1, -0.05) is 13.3 Å². The Bertz CT molecular complexity index is 376. The number of nitrogens with zero attached hydrogens (tertiary/aromatic N) is 2. The minimum Gasteiger partial charge on any atom is -0.350 e. The summed E-state index contributed by atoms with van der Waals surface area (Å²) >= 11 is 0. The molecule has 0 bridgehead atoms. The molecule has 0 spiro atoms. The molecular weight excluding hydrogens is 228 g/mol. The zero-order valence-electron chi connectivity index (χ0n) is 10.9. The van der Waals surface area contributed by atoms with E-state index in [1.165, 1.54) is 0 Å². The van der Waals surface area contributed by atoms with Crippen LogP contribution in [0, 0.1) is 0 Å². The Morgan fingerprint density at radius 1 is 1.61 bits per heavy atom. The third-order valence-electron chi connectivity index (χ3n) is 3.65. The Kier molecular flexibility index (Phi) is 4.36. The highest BCUT2D eigenvalue weighted by Gasteiger charge is 2.30. The smallest absolute Gasteiger partial charge is 0.237 e. The normalized spacial score (nSPS) is 25.0. The van der Waals surface area contributed by atoms with Gasteiger partial charge in [0.15, 0.2) is 0 Å². The van der Waals surface area contributed by atoms with Crippen LogP contribution in [0.25, 0.3) is 0 Å². The first-order valence-corrected chi connectivity index (χ1v) is 6.75. The van der Waals surface area contributed by atoms with Crippen LogP contribution < -0.4 is 11.1 Å². The Hall–Kier alpha value is -1.36. The second-order valence-corrected chi connectivity index (χ2v) is 5.02. The van der Waals surface area contributed by atoms with Crippen molar-refractivity contribution in [1.29, 1.82) is 0 Å². The summed E-state index contributed by atoms with van der Waals surface area (Å²) in [5.74, 6) is -0.0196. The van der Waals surface area contributed by atoms with Crippen LogP contribution >= 0.6 is 0 Å². The minimum atomic E-state index is -0.376. The van der Waals surface area contributed by atoms with Crippen LogP contribution in [-0.2, 0) is 4.79 Å². The molecule has 1 amide bonds. The maximum Gasteiger partial charge on any atom is 0.237 e. The first kappa shape index (κ1) is 13.1. The van der Waals surface area contributed by atoms with Gasteiger partial charge >= 0.3 is 0 Å². The van der Waals surface area contributed by atoms with Crippen molar-refractivity contribution in [3.05, 3.63) is 18.7 Å². The molecule has 3 atom stereocenters. The zero-order chi connectivity index (χ0) is 13.0. The van der Waals surface area contributed by atoms with Gasteiger partial charge in [-0.3, -0.25) is 4.79 Å². The molecule has 0 radical (unpaired) electrons. The van der Waals surface area contributed by atoms with Gasteiger partial charge in [-0.15, -0.1) is 0 Å². The molecule has 2 unspecified atom stereocenters. The standard InChI is InChI=1S/C13H22N4O/c1-2-4-10(14)13(18)16-11-5-3-6-12(11)17-8-7-15-9-17/h7-12H,2-6,14H2,1H3,(H,16,18)/t10-,11?,12?/m1/s1. The fraction of sp³-hybridized carbons (Fsp3) is 0.692. The number of carbonyl (C=O) groups excluding carboxylic acids is 1. The van der Waals surface area contributed by atoms with E-state index in [1.807, 2.05) is 19.4 Å². The lowest BCUT2D eigenvalue weighted by Gasteiger charge is -2.23. The molecule has 3 N–H and O–H groups in total. The van der Waals surface area contributed by atoms with Crippen molar-refractivity contribution >= 4 is 5.91 Å². The van der Waals surface area contributed by atoms with E-state index in [1.54, 1.807) is 6.20 Å². The monoisotopic (exact) mass is 250 g/mol. The molecule has 1 aromatic heterocycles. The molecular formula is C13H22N4O. The van der Waals surface area contributed by atoms with Crippen LogP contribution in [0.5, 0.6) is 0 Å². The molecule has 18 heavy (non-hydrogen) atoms. The number of nitrogens with one attached hydrogen (secondary N) is 1. The van der Waals surface area contributed by atoms with Crippen LogP contribution in [0.3, 0.4) is 0 Å². The van der Waals surface area contributed by atoms with E-state index in [0.717, 1.165) is 32.1 Å². The van der Waals surface area contributed by atoms with E-state index in [9.17, 15) is 4.79 Å². The van der Waals surface area contributed by atoms with Crippen molar-refractivity contribution in [3.63, 3.8) is 0 Å². The van der Waals surface area contributed by atoms with Gasteiger partial charge in [0.1, 0.15) is 0 Å². The van der Waals surface area contributed by atoms with E-state index < -0.39 is 0 Å². The summed E-state index contributed by atoms with van der Waals surface area (Å²) in [7, 11) is 0. The molecule has 1 aliphatic rings. The first-order chi connectivity index (χ1) is 8.72. The molecule has 1 aromatic rings. The lowest BCUT2D eigenvalue weighted by atomic mass is 10.1. The van der Waals surface area contributed by atoms with Gasteiger partial charge in [0.25, 0.3) is 0 Å². The van der Waals surface area contributed by atoms with Crippen LogP contribution in [-0.4, -0.2) is 27.5 Å². The summed E-state index contributed by atoms with van der Waals surface area (Å²) in [4.78, 5) is 16.0. The predicted octanol–water partition coefficient (Wildman–Crippen LogP) is 1.22. The molecule has 0 aromatic carbocycles. The number of rotatable bonds is 5. The lowest BCUT2D eigenvalue weighted by molar-refractivity contribution is -0.123. The van der Waals surface area contributed by atoms with Crippen molar-refractivity contribution in [2.45, 2.75) is 57.2 Å². The first-order valence-electron chi connectivity index (χ1n) is 6.75. The third kappa shape index (κ3) is 2.90. The average molecular weight is 250 g/mol. The lowest BCUT2D eigenvalue weighted by Crippen LogP contribution is -2.46. The number of nitrogens with two attached hydrogens (primary N) is 1. The SMILES string of the molecule is CCC[C@@H](N)C(=O)NC1CCCC1n1ccnc1. The Balaban J connectivity index is 1.94. The zero-order valence-corrected chi connectivity index (χ0v) is 10.9. The van der Waals surface area contributed by atoms with Crippen LogP contribution in [0.1, 0.15) is 45.1 Å². The van der Waals surface area contributed by atoms with Gasteiger partial charge in [0, 0.05) is 18.4 Å². The molecule has 1 fully saturated rings. The molecule has 1 aliphatic carbocycles. The predicted molar refractivity (Wildman–Crippen MR) is 69.9 cm³/mol. The maximum absolute atomic E-state index is 11.9. The quantitative estimate of drug-likeness (QED) is 0.825. The van der Waals surface area contributed by atoms with E-state index >= 15 is 0 Å². The summed E-state index contributed by atoms with van der Waals surface area (Å²) in [6.45, 7) is 2.04. The second-order valence-electron chi connectivity index (χ2n) is 5.02.